The molecule has 0 atom stereocenters. The summed E-state index contributed by atoms with van der Waals surface area (Å²) in [5, 5.41) is 9.81. The lowest BCUT2D eigenvalue weighted by Crippen LogP contribution is -2.30. The average molecular weight is 448 g/mol. The molecule has 0 radical (unpaired) electrons. The molecule has 4 aromatic rings. The van der Waals surface area contributed by atoms with Gasteiger partial charge in [0.25, 0.3) is 5.56 Å². The molecule has 0 bridgehead atoms. The van der Waals surface area contributed by atoms with E-state index in [2.05, 4.69) is 13.0 Å². The van der Waals surface area contributed by atoms with Gasteiger partial charge < -0.3 is 0 Å². The fraction of sp³-hybridized carbons (Fsp3) is 0.233. The first-order valence-corrected chi connectivity index (χ1v) is 11.8. The number of unbranched alkanes of at least 4 members (excludes halogenated alkanes) is 1. The van der Waals surface area contributed by atoms with E-state index in [0.717, 1.165) is 58.6 Å². The Morgan fingerprint density at radius 3 is 2.32 bits per heavy atom. The smallest absolute Gasteiger partial charge is 0.257 e. The predicted molar refractivity (Wildman–Crippen MR) is 137 cm³/mol. The molecule has 0 fully saturated rings. The molecule has 0 aliphatic rings. The quantitative estimate of drug-likeness (QED) is 0.329. The minimum atomic E-state index is 0.00750. The van der Waals surface area contributed by atoms with E-state index in [-0.39, 0.29) is 5.56 Å². The second-order valence-electron chi connectivity index (χ2n) is 8.60. The summed E-state index contributed by atoms with van der Waals surface area (Å²) in [6.07, 6.45) is 3.26. The fourth-order valence-corrected chi connectivity index (χ4v) is 4.30. The zero-order valence-electron chi connectivity index (χ0n) is 19.8. The summed E-state index contributed by atoms with van der Waals surface area (Å²) >= 11 is 0. The van der Waals surface area contributed by atoms with Crippen LogP contribution in [0.4, 0.5) is 0 Å². The first-order chi connectivity index (χ1) is 16.6. The molecule has 1 heterocycles. The van der Waals surface area contributed by atoms with Crippen LogP contribution in [0.3, 0.4) is 0 Å². The highest BCUT2D eigenvalue weighted by Crippen LogP contribution is 2.25. The van der Waals surface area contributed by atoms with Crippen LogP contribution in [0.1, 0.15) is 53.5 Å². The Morgan fingerprint density at radius 2 is 1.65 bits per heavy atom. The summed E-state index contributed by atoms with van der Waals surface area (Å²) in [4.78, 5) is 18.6. The van der Waals surface area contributed by atoms with Gasteiger partial charge in [-0.1, -0.05) is 86.1 Å². The Labute approximate surface area is 201 Å². The molecule has 170 valence electrons. The number of hydrogen-bond donors (Lipinski definition) is 0. The second-order valence-corrected chi connectivity index (χ2v) is 8.60. The molecular weight excluding hydrogens is 418 g/mol. The standard InChI is InChI=1S/C30H29N3O/c1-3-4-15-29-28(30(34)33(22(2)32-29)21-23-11-7-5-8-12-23)19-24-16-17-27(26(18-24)20-31)25-13-9-6-10-14-25/h5-14,16-18H,3-4,15,19,21H2,1-2H3. The summed E-state index contributed by atoms with van der Waals surface area (Å²) in [6, 6.07) is 28.2. The first-order valence-electron chi connectivity index (χ1n) is 11.8. The van der Waals surface area contributed by atoms with Gasteiger partial charge in [-0.05, 0) is 48.1 Å². The van der Waals surface area contributed by atoms with Gasteiger partial charge in [-0.25, -0.2) is 4.98 Å². The SMILES string of the molecule is CCCCc1nc(C)n(Cc2ccccc2)c(=O)c1Cc1ccc(-c2ccccc2)c(C#N)c1. The normalized spacial score (nSPS) is 10.7. The summed E-state index contributed by atoms with van der Waals surface area (Å²) in [5.74, 6) is 0.737. The maximum atomic E-state index is 13.7. The van der Waals surface area contributed by atoms with Crippen LogP contribution in [-0.4, -0.2) is 9.55 Å². The Bertz CT molecular complexity index is 1370. The Morgan fingerprint density at radius 1 is 0.941 bits per heavy atom. The van der Waals surface area contributed by atoms with E-state index in [9.17, 15) is 10.1 Å². The molecule has 4 nitrogen and oxygen atoms in total. The van der Waals surface area contributed by atoms with E-state index in [1.807, 2.05) is 85.8 Å². The highest BCUT2D eigenvalue weighted by molar-refractivity contribution is 5.71. The third-order valence-corrected chi connectivity index (χ3v) is 6.16. The van der Waals surface area contributed by atoms with Crippen molar-refractivity contribution >= 4 is 0 Å². The highest BCUT2D eigenvalue weighted by atomic mass is 16.1. The van der Waals surface area contributed by atoms with Crippen molar-refractivity contribution in [3.8, 4) is 17.2 Å². The number of aryl methyl sites for hydroxylation is 2. The summed E-state index contributed by atoms with van der Waals surface area (Å²) in [5.41, 5.74) is 6.16. The molecule has 0 amide bonds. The largest absolute Gasteiger partial charge is 0.292 e. The van der Waals surface area contributed by atoms with E-state index >= 15 is 0 Å². The fourth-order valence-electron chi connectivity index (χ4n) is 4.30. The van der Waals surface area contributed by atoms with Gasteiger partial charge in [0.05, 0.1) is 23.9 Å². The lowest BCUT2D eigenvalue weighted by Gasteiger charge is -2.16. The molecule has 1 aromatic heterocycles. The number of nitrogens with zero attached hydrogens (tertiary/aromatic N) is 3. The van der Waals surface area contributed by atoms with Gasteiger partial charge >= 0.3 is 0 Å². The molecule has 0 unspecified atom stereocenters. The van der Waals surface area contributed by atoms with Crippen LogP contribution < -0.4 is 5.56 Å². The zero-order valence-corrected chi connectivity index (χ0v) is 19.8. The van der Waals surface area contributed by atoms with Crippen LogP contribution in [0.25, 0.3) is 11.1 Å². The van der Waals surface area contributed by atoms with Gasteiger partial charge in [0.15, 0.2) is 0 Å². The van der Waals surface area contributed by atoms with Crippen molar-refractivity contribution < 1.29 is 0 Å². The van der Waals surface area contributed by atoms with Crippen molar-refractivity contribution in [2.24, 2.45) is 0 Å². The van der Waals surface area contributed by atoms with Crippen LogP contribution in [0, 0.1) is 18.3 Å². The Hall–Kier alpha value is -3.97. The van der Waals surface area contributed by atoms with Gasteiger partial charge in [-0.3, -0.25) is 9.36 Å². The van der Waals surface area contributed by atoms with E-state index < -0.39 is 0 Å². The van der Waals surface area contributed by atoms with E-state index in [0.29, 0.717) is 18.5 Å². The summed E-state index contributed by atoms with van der Waals surface area (Å²) < 4.78 is 1.77. The van der Waals surface area contributed by atoms with Crippen molar-refractivity contribution in [1.82, 2.24) is 9.55 Å². The van der Waals surface area contributed by atoms with Gasteiger partial charge in [-0.2, -0.15) is 5.26 Å². The predicted octanol–water partition coefficient (Wildman–Crippen LogP) is 6.07. The number of aromatic nitrogens is 2. The molecule has 4 heteroatoms. The molecule has 0 saturated carbocycles. The number of nitriles is 1. The van der Waals surface area contributed by atoms with Crippen molar-refractivity contribution in [3.05, 3.63) is 123 Å². The number of benzene rings is 3. The van der Waals surface area contributed by atoms with Crippen molar-refractivity contribution in [2.75, 3.05) is 0 Å². The summed E-state index contributed by atoms with van der Waals surface area (Å²) in [7, 11) is 0. The lowest BCUT2D eigenvalue weighted by atomic mass is 9.95. The molecule has 4 rings (SSSR count). The van der Waals surface area contributed by atoms with Gasteiger partial charge in [0, 0.05) is 12.0 Å². The van der Waals surface area contributed by atoms with Crippen molar-refractivity contribution in [1.29, 1.82) is 5.26 Å². The average Bonchev–Trinajstić information content (AvgIpc) is 2.88. The Kier molecular flexibility index (Phi) is 7.34. The minimum absolute atomic E-state index is 0.00750. The van der Waals surface area contributed by atoms with Crippen LogP contribution in [0.15, 0.2) is 83.7 Å². The molecule has 0 saturated heterocycles. The maximum Gasteiger partial charge on any atom is 0.257 e. The molecule has 0 spiro atoms. The molecule has 3 aromatic carbocycles. The van der Waals surface area contributed by atoms with Gasteiger partial charge in [0.2, 0.25) is 0 Å². The molecule has 0 aliphatic carbocycles. The van der Waals surface area contributed by atoms with E-state index in [1.165, 1.54) is 0 Å². The number of hydrogen-bond acceptors (Lipinski definition) is 3. The van der Waals surface area contributed by atoms with Gasteiger partial charge in [0.1, 0.15) is 5.82 Å². The van der Waals surface area contributed by atoms with Crippen LogP contribution in [0.2, 0.25) is 0 Å². The first kappa shape index (κ1) is 23.2. The molecular formula is C30H29N3O. The van der Waals surface area contributed by atoms with Crippen molar-refractivity contribution in [2.45, 2.75) is 46.1 Å². The third kappa shape index (κ3) is 5.15. The summed E-state index contributed by atoms with van der Waals surface area (Å²) in [6.45, 7) is 4.55. The lowest BCUT2D eigenvalue weighted by molar-refractivity contribution is 0.662. The molecule has 0 N–H and O–H groups in total. The molecule has 0 aliphatic heterocycles. The monoisotopic (exact) mass is 447 g/mol. The maximum absolute atomic E-state index is 13.7. The molecule has 34 heavy (non-hydrogen) atoms. The van der Waals surface area contributed by atoms with E-state index in [1.54, 1.807) is 4.57 Å². The van der Waals surface area contributed by atoms with E-state index in [4.69, 9.17) is 4.98 Å². The zero-order chi connectivity index (χ0) is 23.9. The number of rotatable bonds is 8. The van der Waals surface area contributed by atoms with Crippen LogP contribution in [-0.2, 0) is 19.4 Å². The Balaban J connectivity index is 1.74. The van der Waals surface area contributed by atoms with Crippen molar-refractivity contribution in [3.63, 3.8) is 0 Å². The topological polar surface area (TPSA) is 58.7 Å². The second kappa shape index (κ2) is 10.8. The minimum Gasteiger partial charge on any atom is -0.292 e. The third-order valence-electron chi connectivity index (χ3n) is 6.16. The van der Waals surface area contributed by atoms with Gasteiger partial charge in [-0.15, -0.1) is 0 Å². The highest BCUT2D eigenvalue weighted by Gasteiger charge is 2.16. The van der Waals surface area contributed by atoms with Crippen LogP contribution in [0.5, 0.6) is 0 Å². The van der Waals surface area contributed by atoms with Crippen LogP contribution >= 0.6 is 0 Å².